The molecule has 0 atom stereocenters. The van der Waals surface area contributed by atoms with Crippen molar-refractivity contribution < 1.29 is 4.79 Å². The van der Waals surface area contributed by atoms with Crippen LogP contribution in [0.3, 0.4) is 0 Å². The summed E-state index contributed by atoms with van der Waals surface area (Å²) in [4.78, 5) is 11.1. The number of hydrogen-bond acceptors (Lipinski definition) is 3. The second-order valence-electron chi connectivity index (χ2n) is 1.92. The highest BCUT2D eigenvalue weighted by Crippen LogP contribution is 2.12. The van der Waals surface area contributed by atoms with E-state index in [1.54, 1.807) is 7.05 Å². The van der Waals surface area contributed by atoms with Crippen LogP contribution in [0.2, 0.25) is 0 Å². The van der Waals surface area contributed by atoms with Crippen molar-refractivity contribution in [2.24, 2.45) is 7.05 Å². The van der Waals surface area contributed by atoms with Crippen LogP contribution in [-0.2, 0) is 7.05 Å². The minimum Gasteiger partial charge on any atom is -0.287 e. The quantitative estimate of drug-likeness (QED) is 0.546. The molecular formula is C6H6BrN3O. The first-order chi connectivity index (χ1) is 5.16. The highest BCUT2D eigenvalue weighted by molar-refractivity contribution is 9.10. The van der Waals surface area contributed by atoms with E-state index in [2.05, 4.69) is 32.8 Å². The number of aryl methyl sites for hydroxylation is 1. The summed E-state index contributed by atoms with van der Waals surface area (Å²) in [5, 5.41) is 7.28. The molecular weight excluding hydrogens is 210 g/mol. The number of carbonyl (C=O) groups excluding carboxylic acids is 1. The van der Waals surface area contributed by atoms with Gasteiger partial charge >= 0.3 is 0 Å². The smallest absolute Gasteiger partial charge is 0.206 e. The topological polar surface area (TPSA) is 47.8 Å². The van der Waals surface area contributed by atoms with E-state index >= 15 is 0 Å². The van der Waals surface area contributed by atoms with E-state index in [9.17, 15) is 4.79 Å². The summed E-state index contributed by atoms with van der Waals surface area (Å²) in [6.07, 6.45) is 1.23. The Labute approximate surface area is 72.0 Å². The van der Waals surface area contributed by atoms with E-state index in [1.165, 1.54) is 10.8 Å². The third-order valence-corrected chi connectivity index (χ3v) is 1.74. The summed E-state index contributed by atoms with van der Waals surface area (Å²) in [7, 11) is 1.65. The number of nitrogens with zero attached hydrogens (tertiary/aromatic N) is 3. The average molecular weight is 216 g/mol. The molecule has 0 fully saturated rings. The van der Waals surface area contributed by atoms with Crippen molar-refractivity contribution in [1.82, 2.24) is 15.0 Å². The summed E-state index contributed by atoms with van der Waals surface area (Å²) < 4.78 is 1.85. The number of halogens is 1. The lowest BCUT2D eigenvalue weighted by atomic mass is 10.3. The van der Waals surface area contributed by atoms with Gasteiger partial charge in [0.25, 0.3) is 0 Å². The Kier molecular flexibility index (Phi) is 2.19. The molecule has 58 valence electrons. The number of aromatic nitrogens is 3. The van der Waals surface area contributed by atoms with Gasteiger partial charge in [0.05, 0.1) is 0 Å². The first-order valence-electron chi connectivity index (χ1n) is 2.88. The van der Waals surface area contributed by atoms with Crippen molar-refractivity contribution in [3.8, 4) is 0 Å². The lowest BCUT2D eigenvalue weighted by Crippen LogP contribution is -2.04. The molecule has 4 nitrogen and oxygen atoms in total. The summed E-state index contributed by atoms with van der Waals surface area (Å²) >= 11 is 3.10. The Bertz CT molecular complexity index is 285. The summed E-state index contributed by atoms with van der Waals surface area (Å²) in [6, 6.07) is 0. The van der Waals surface area contributed by atoms with Gasteiger partial charge in [-0.05, 0) is 22.0 Å². The van der Waals surface area contributed by atoms with Crippen LogP contribution in [0.15, 0.2) is 17.3 Å². The molecule has 1 rings (SSSR count). The molecule has 0 radical (unpaired) electrons. The molecule has 5 heteroatoms. The van der Waals surface area contributed by atoms with Gasteiger partial charge in [-0.15, -0.1) is 5.10 Å². The van der Waals surface area contributed by atoms with Crippen LogP contribution in [0.25, 0.3) is 0 Å². The fourth-order valence-corrected chi connectivity index (χ4v) is 1.21. The van der Waals surface area contributed by atoms with Crippen LogP contribution >= 0.6 is 15.9 Å². The maximum Gasteiger partial charge on any atom is 0.206 e. The van der Waals surface area contributed by atoms with Gasteiger partial charge in [-0.3, -0.25) is 4.79 Å². The third kappa shape index (κ3) is 1.37. The molecule has 0 unspecified atom stereocenters. The van der Waals surface area contributed by atoms with Crippen LogP contribution in [0, 0.1) is 0 Å². The van der Waals surface area contributed by atoms with Crippen molar-refractivity contribution in [3.63, 3.8) is 0 Å². The van der Waals surface area contributed by atoms with Crippen LogP contribution in [0.5, 0.6) is 0 Å². The van der Waals surface area contributed by atoms with Crippen LogP contribution in [-0.4, -0.2) is 20.8 Å². The molecule has 1 aromatic heterocycles. The van der Waals surface area contributed by atoms with E-state index in [4.69, 9.17) is 0 Å². The van der Waals surface area contributed by atoms with Crippen molar-refractivity contribution in [1.29, 1.82) is 0 Å². The lowest BCUT2D eigenvalue weighted by Gasteiger charge is -1.93. The van der Waals surface area contributed by atoms with Gasteiger partial charge in [-0.25, -0.2) is 4.68 Å². The highest BCUT2D eigenvalue weighted by Gasteiger charge is 2.12. The molecule has 0 aliphatic rings. The maximum absolute atomic E-state index is 11.1. The Morgan fingerprint density at radius 1 is 1.82 bits per heavy atom. The van der Waals surface area contributed by atoms with E-state index in [0.29, 0.717) is 10.3 Å². The SMILES string of the molecule is C=CC(=O)c1c(Br)nnn1C. The van der Waals surface area contributed by atoms with Gasteiger partial charge in [0.1, 0.15) is 5.69 Å². The molecule has 0 aromatic carbocycles. The number of carbonyl (C=O) groups is 1. The molecule has 0 amide bonds. The second kappa shape index (κ2) is 2.96. The number of ketones is 1. The van der Waals surface area contributed by atoms with Gasteiger partial charge in [0, 0.05) is 7.05 Å². The Balaban J connectivity index is 3.20. The van der Waals surface area contributed by atoms with E-state index in [0.717, 1.165) is 0 Å². The van der Waals surface area contributed by atoms with Crippen LogP contribution < -0.4 is 0 Å². The minimum absolute atomic E-state index is 0.190. The van der Waals surface area contributed by atoms with Crippen molar-refractivity contribution >= 4 is 21.7 Å². The molecule has 0 saturated heterocycles. The molecule has 0 aliphatic heterocycles. The standard InChI is InChI=1S/C6H6BrN3O/c1-3-4(11)5-6(7)8-9-10(5)2/h3H,1H2,2H3. The van der Waals surface area contributed by atoms with Crippen molar-refractivity contribution in [3.05, 3.63) is 23.0 Å². The maximum atomic E-state index is 11.1. The first-order valence-corrected chi connectivity index (χ1v) is 3.68. The lowest BCUT2D eigenvalue weighted by molar-refractivity contribution is 0.103. The van der Waals surface area contributed by atoms with Crippen molar-refractivity contribution in [2.75, 3.05) is 0 Å². The zero-order chi connectivity index (χ0) is 8.43. The van der Waals surface area contributed by atoms with E-state index in [-0.39, 0.29) is 5.78 Å². The fourth-order valence-electron chi connectivity index (χ4n) is 0.690. The predicted octanol–water partition coefficient (Wildman–Crippen LogP) is 0.946. The fraction of sp³-hybridized carbons (Fsp3) is 0.167. The first kappa shape index (κ1) is 8.13. The molecule has 0 aliphatic carbocycles. The van der Waals surface area contributed by atoms with Gasteiger partial charge in [0.15, 0.2) is 4.60 Å². The molecule has 0 bridgehead atoms. The molecule has 0 saturated carbocycles. The largest absolute Gasteiger partial charge is 0.287 e. The monoisotopic (exact) mass is 215 g/mol. The van der Waals surface area contributed by atoms with E-state index in [1.807, 2.05) is 0 Å². The Morgan fingerprint density at radius 3 is 2.82 bits per heavy atom. The van der Waals surface area contributed by atoms with Gasteiger partial charge in [-0.2, -0.15) is 0 Å². The average Bonchev–Trinajstić information content (AvgIpc) is 2.30. The number of allylic oxidation sites excluding steroid dienone is 1. The summed E-state index contributed by atoms with van der Waals surface area (Å²) in [5.74, 6) is -0.190. The number of rotatable bonds is 2. The zero-order valence-electron chi connectivity index (χ0n) is 5.91. The number of hydrogen-bond donors (Lipinski definition) is 0. The predicted molar refractivity (Wildman–Crippen MR) is 43.2 cm³/mol. The van der Waals surface area contributed by atoms with Crippen molar-refractivity contribution in [2.45, 2.75) is 0 Å². The summed E-state index contributed by atoms with van der Waals surface area (Å²) in [6.45, 7) is 3.36. The van der Waals surface area contributed by atoms with Gasteiger partial charge < -0.3 is 0 Å². The minimum atomic E-state index is -0.190. The van der Waals surface area contributed by atoms with E-state index < -0.39 is 0 Å². The molecule has 1 heterocycles. The van der Waals surface area contributed by atoms with Crippen LogP contribution in [0.4, 0.5) is 0 Å². The Morgan fingerprint density at radius 2 is 2.45 bits per heavy atom. The molecule has 1 aromatic rings. The van der Waals surface area contributed by atoms with Gasteiger partial charge in [-0.1, -0.05) is 11.8 Å². The molecule has 0 N–H and O–H groups in total. The highest BCUT2D eigenvalue weighted by atomic mass is 79.9. The second-order valence-corrected chi connectivity index (χ2v) is 2.67. The molecule has 0 spiro atoms. The third-order valence-electron chi connectivity index (χ3n) is 1.20. The normalized spacial score (nSPS) is 9.64. The van der Waals surface area contributed by atoms with Crippen LogP contribution in [0.1, 0.15) is 10.5 Å². The molecule has 11 heavy (non-hydrogen) atoms. The summed E-state index contributed by atoms with van der Waals surface area (Å²) in [5.41, 5.74) is 0.417. The van der Waals surface area contributed by atoms with Gasteiger partial charge in [0.2, 0.25) is 5.78 Å². The Hall–Kier alpha value is -0.970. The zero-order valence-corrected chi connectivity index (χ0v) is 7.50.